The molecule has 0 aliphatic carbocycles. The van der Waals surface area contributed by atoms with Crippen LogP contribution in [0.1, 0.15) is 5.56 Å². The second kappa shape index (κ2) is 7.43. The second-order valence-corrected chi connectivity index (χ2v) is 8.25. The molecule has 0 aliphatic heterocycles. The SMILES string of the molecule is O=S(=O)(NCc1ccc(Oc2nccs2)cc1)c1ccccc1Br. The standard InChI is InChI=1S/C16H13BrN2O3S2/c17-14-3-1-2-4-15(14)24(20,21)19-11-12-5-7-13(8-6-12)22-16-18-9-10-23-16/h1-10,19H,11H2. The van der Waals surface area contributed by atoms with Crippen molar-refractivity contribution in [1.82, 2.24) is 9.71 Å². The lowest BCUT2D eigenvalue weighted by atomic mass is 10.2. The molecule has 0 saturated heterocycles. The fourth-order valence-corrected chi connectivity index (χ4v) is 4.48. The Hall–Kier alpha value is -1.74. The summed E-state index contributed by atoms with van der Waals surface area (Å²) in [5, 5.41) is 2.40. The van der Waals surface area contributed by atoms with E-state index >= 15 is 0 Å². The number of aromatic nitrogens is 1. The molecule has 0 spiro atoms. The predicted molar refractivity (Wildman–Crippen MR) is 96.8 cm³/mol. The van der Waals surface area contributed by atoms with Crippen LogP contribution in [0.3, 0.4) is 0 Å². The van der Waals surface area contributed by atoms with Gasteiger partial charge in [-0.05, 0) is 45.8 Å². The maximum absolute atomic E-state index is 12.3. The van der Waals surface area contributed by atoms with E-state index in [0.29, 0.717) is 15.4 Å². The van der Waals surface area contributed by atoms with Crippen molar-refractivity contribution in [2.45, 2.75) is 11.4 Å². The molecule has 1 aromatic heterocycles. The molecule has 124 valence electrons. The number of hydrogen-bond donors (Lipinski definition) is 1. The first kappa shape index (κ1) is 17.1. The number of rotatable bonds is 6. The Morgan fingerprint density at radius 1 is 1.12 bits per heavy atom. The van der Waals surface area contributed by atoms with E-state index in [9.17, 15) is 8.42 Å². The molecule has 1 heterocycles. The van der Waals surface area contributed by atoms with Gasteiger partial charge in [-0.25, -0.2) is 18.1 Å². The van der Waals surface area contributed by atoms with Gasteiger partial charge in [0.05, 0.1) is 4.90 Å². The van der Waals surface area contributed by atoms with E-state index in [1.165, 1.54) is 11.3 Å². The maximum atomic E-state index is 12.3. The molecule has 24 heavy (non-hydrogen) atoms. The van der Waals surface area contributed by atoms with Crippen molar-refractivity contribution in [3.05, 3.63) is 70.1 Å². The molecule has 0 fully saturated rings. The van der Waals surface area contributed by atoms with Crippen molar-refractivity contribution >= 4 is 37.3 Å². The van der Waals surface area contributed by atoms with Crippen molar-refractivity contribution in [2.75, 3.05) is 0 Å². The van der Waals surface area contributed by atoms with Gasteiger partial charge in [-0.15, -0.1) is 0 Å². The van der Waals surface area contributed by atoms with Crippen LogP contribution < -0.4 is 9.46 Å². The smallest absolute Gasteiger partial charge is 0.278 e. The molecule has 0 unspecified atom stereocenters. The highest BCUT2D eigenvalue weighted by Gasteiger charge is 2.16. The first-order chi connectivity index (χ1) is 11.5. The van der Waals surface area contributed by atoms with Crippen LogP contribution in [0.4, 0.5) is 0 Å². The van der Waals surface area contributed by atoms with Gasteiger partial charge >= 0.3 is 0 Å². The predicted octanol–water partition coefficient (Wildman–Crippen LogP) is 4.18. The summed E-state index contributed by atoms with van der Waals surface area (Å²) in [4.78, 5) is 4.26. The van der Waals surface area contributed by atoms with E-state index in [1.54, 1.807) is 42.6 Å². The number of ether oxygens (including phenoxy) is 1. The zero-order valence-corrected chi connectivity index (χ0v) is 15.6. The summed E-state index contributed by atoms with van der Waals surface area (Å²) in [6.07, 6.45) is 1.67. The summed E-state index contributed by atoms with van der Waals surface area (Å²) in [5.41, 5.74) is 0.831. The molecule has 1 N–H and O–H groups in total. The lowest BCUT2D eigenvalue weighted by Gasteiger charge is -2.09. The van der Waals surface area contributed by atoms with E-state index in [4.69, 9.17) is 4.74 Å². The molecule has 0 atom stereocenters. The number of thiazole rings is 1. The van der Waals surface area contributed by atoms with Crippen molar-refractivity contribution < 1.29 is 13.2 Å². The van der Waals surface area contributed by atoms with Gasteiger partial charge in [0, 0.05) is 22.6 Å². The molecule has 0 amide bonds. The number of benzene rings is 2. The minimum atomic E-state index is -3.58. The zero-order valence-electron chi connectivity index (χ0n) is 12.3. The van der Waals surface area contributed by atoms with Gasteiger partial charge in [0.25, 0.3) is 5.19 Å². The summed E-state index contributed by atoms with van der Waals surface area (Å²) < 4.78 is 33.4. The molecule has 0 bridgehead atoms. The summed E-state index contributed by atoms with van der Waals surface area (Å²) in [6, 6.07) is 13.9. The fourth-order valence-electron chi connectivity index (χ4n) is 1.96. The Balaban J connectivity index is 1.65. The van der Waals surface area contributed by atoms with Crippen molar-refractivity contribution in [1.29, 1.82) is 0 Å². The molecule has 0 saturated carbocycles. The number of nitrogens with zero attached hydrogens (tertiary/aromatic N) is 1. The van der Waals surface area contributed by atoms with Crippen molar-refractivity contribution in [3.63, 3.8) is 0 Å². The largest absolute Gasteiger partial charge is 0.431 e. The van der Waals surface area contributed by atoms with Crippen LogP contribution in [0.15, 0.2) is 69.5 Å². The first-order valence-electron chi connectivity index (χ1n) is 6.95. The number of sulfonamides is 1. The van der Waals surface area contributed by atoms with Gasteiger partial charge < -0.3 is 4.74 Å². The van der Waals surface area contributed by atoms with Crippen molar-refractivity contribution in [3.8, 4) is 10.9 Å². The van der Waals surface area contributed by atoms with Crippen LogP contribution >= 0.6 is 27.3 Å². The molecule has 0 aliphatic rings. The molecular weight excluding hydrogens is 412 g/mol. The number of halogens is 1. The van der Waals surface area contributed by atoms with Gasteiger partial charge in [-0.2, -0.15) is 0 Å². The fraction of sp³-hybridized carbons (Fsp3) is 0.0625. The lowest BCUT2D eigenvalue weighted by molar-refractivity contribution is 0.478. The van der Waals surface area contributed by atoms with Crippen molar-refractivity contribution in [2.24, 2.45) is 0 Å². The van der Waals surface area contributed by atoms with E-state index in [2.05, 4.69) is 25.6 Å². The number of nitrogens with one attached hydrogen (secondary N) is 1. The Bertz CT molecular complexity index is 911. The minimum absolute atomic E-state index is 0.196. The average molecular weight is 425 g/mol. The molecular formula is C16H13BrN2O3S2. The van der Waals surface area contributed by atoms with Crippen LogP contribution in [0, 0.1) is 0 Å². The summed E-state index contributed by atoms with van der Waals surface area (Å²) in [5.74, 6) is 0.655. The Kier molecular flexibility index (Phi) is 5.30. The quantitative estimate of drug-likeness (QED) is 0.644. The molecule has 5 nitrogen and oxygen atoms in total. The molecule has 3 rings (SSSR count). The Morgan fingerprint density at radius 3 is 2.54 bits per heavy atom. The van der Waals surface area contributed by atoms with Crippen LogP contribution in [0.2, 0.25) is 0 Å². The Labute approximate surface area is 152 Å². The van der Waals surface area contributed by atoms with Gasteiger partial charge in [0.2, 0.25) is 10.0 Å². The van der Waals surface area contributed by atoms with Gasteiger partial charge in [-0.1, -0.05) is 35.6 Å². The van der Waals surface area contributed by atoms with Crippen LogP contribution in [-0.4, -0.2) is 13.4 Å². The third-order valence-corrected chi connectivity index (χ3v) is 6.19. The van der Waals surface area contributed by atoms with E-state index in [-0.39, 0.29) is 11.4 Å². The van der Waals surface area contributed by atoms with E-state index in [1.807, 2.05) is 17.5 Å². The highest BCUT2D eigenvalue weighted by atomic mass is 79.9. The second-order valence-electron chi connectivity index (χ2n) is 4.80. The highest BCUT2D eigenvalue weighted by molar-refractivity contribution is 9.10. The van der Waals surface area contributed by atoms with Crippen LogP contribution in [-0.2, 0) is 16.6 Å². The van der Waals surface area contributed by atoms with Gasteiger partial charge in [-0.3, -0.25) is 0 Å². The Morgan fingerprint density at radius 2 is 1.88 bits per heavy atom. The third-order valence-electron chi connectivity index (χ3n) is 3.13. The topological polar surface area (TPSA) is 68.3 Å². The van der Waals surface area contributed by atoms with E-state index < -0.39 is 10.0 Å². The monoisotopic (exact) mass is 424 g/mol. The summed E-state index contributed by atoms with van der Waals surface area (Å²) in [6.45, 7) is 0.196. The normalized spacial score (nSPS) is 11.4. The lowest BCUT2D eigenvalue weighted by Crippen LogP contribution is -2.23. The first-order valence-corrected chi connectivity index (χ1v) is 10.1. The van der Waals surface area contributed by atoms with E-state index in [0.717, 1.165) is 5.56 Å². The van der Waals surface area contributed by atoms with Crippen LogP contribution in [0.25, 0.3) is 0 Å². The minimum Gasteiger partial charge on any atom is -0.431 e. The third kappa shape index (κ3) is 4.21. The summed E-state index contributed by atoms with van der Waals surface area (Å²) in [7, 11) is -3.58. The van der Waals surface area contributed by atoms with Gasteiger partial charge in [0.15, 0.2) is 0 Å². The van der Waals surface area contributed by atoms with Crippen LogP contribution in [0.5, 0.6) is 10.9 Å². The molecule has 0 radical (unpaired) electrons. The van der Waals surface area contributed by atoms with Gasteiger partial charge in [0.1, 0.15) is 5.75 Å². The summed E-state index contributed by atoms with van der Waals surface area (Å²) >= 11 is 4.66. The number of hydrogen-bond acceptors (Lipinski definition) is 5. The average Bonchev–Trinajstić information content (AvgIpc) is 3.07. The molecule has 3 aromatic rings. The highest BCUT2D eigenvalue weighted by Crippen LogP contribution is 2.24. The zero-order chi connectivity index (χ0) is 17.0. The molecule has 8 heteroatoms. The molecule has 2 aromatic carbocycles. The maximum Gasteiger partial charge on any atom is 0.278 e.